The molecule has 0 saturated carbocycles. The minimum Gasteiger partial charge on any atom is -0.481 e. The number of para-hydroxylation sites is 1. The van der Waals surface area contributed by atoms with Gasteiger partial charge in [-0.25, -0.2) is 4.79 Å². The van der Waals surface area contributed by atoms with E-state index in [4.69, 9.17) is 5.11 Å². The molecule has 23 heavy (non-hydrogen) atoms. The van der Waals surface area contributed by atoms with Crippen molar-refractivity contribution >= 4 is 22.8 Å². The number of fused-ring (bicyclic) bond motifs is 1. The van der Waals surface area contributed by atoms with Crippen LogP contribution in [0.5, 0.6) is 0 Å². The van der Waals surface area contributed by atoms with Gasteiger partial charge in [0, 0.05) is 20.0 Å². The van der Waals surface area contributed by atoms with Crippen LogP contribution in [0.2, 0.25) is 0 Å². The lowest BCUT2D eigenvalue weighted by Gasteiger charge is -2.17. The summed E-state index contributed by atoms with van der Waals surface area (Å²) in [7, 11) is 1.50. The number of aromatic amines is 1. The molecule has 1 aromatic heterocycles. The minimum atomic E-state index is -0.937. The fourth-order valence-corrected chi connectivity index (χ4v) is 2.19. The Labute approximate surface area is 131 Å². The molecule has 0 radical (unpaired) electrons. The van der Waals surface area contributed by atoms with Crippen LogP contribution >= 0.6 is 0 Å². The van der Waals surface area contributed by atoms with Crippen molar-refractivity contribution in [2.24, 2.45) is 0 Å². The Morgan fingerprint density at radius 2 is 1.96 bits per heavy atom. The van der Waals surface area contributed by atoms with Crippen LogP contribution in [0.25, 0.3) is 10.9 Å². The third kappa shape index (κ3) is 3.85. The topological polar surface area (TPSA) is 112 Å². The molecule has 8 nitrogen and oxygen atoms in total. The summed E-state index contributed by atoms with van der Waals surface area (Å²) in [4.78, 5) is 50.7. The van der Waals surface area contributed by atoms with Crippen LogP contribution in [-0.2, 0) is 16.1 Å². The number of hydrogen-bond donors (Lipinski definition) is 2. The number of carbonyl (C=O) groups excluding carboxylic acids is 1. The zero-order valence-corrected chi connectivity index (χ0v) is 12.6. The molecule has 0 aliphatic carbocycles. The van der Waals surface area contributed by atoms with E-state index in [-0.39, 0.29) is 19.5 Å². The summed E-state index contributed by atoms with van der Waals surface area (Å²) in [5, 5.41) is 8.91. The third-order valence-corrected chi connectivity index (χ3v) is 3.49. The molecule has 0 aliphatic heterocycles. The van der Waals surface area contributed by atoms with Crippen LogP contribution in [0.4, 0.5) is 0 Å². The van der Waals surface area contributed by atoms with Gasteiger partial charge in [0.1, 0.15) is 6.54 Å². The van der Waals surface area contributed by atoms with Crippen LogP contribution in [0, 0.1) is 0 Å². The van der Waals surface area contributed by atoms with E-state index in [1.165, 1.54) is 11.9 Å². The van der Waals surface area contributed by atoms with Crippen molar-refractivity contribution in [2.75, 3.05) is 13.6 Å². The Bertz CT molecular complexity index is 852. The van der Waals surface area contributed by atoms with Gasteiger partial charge in [-0.3, -0.25) is 19.0 Å². The largest absolute Gasteiger partial charge is 0.481 e. The summed E-state index contributed by atoms with van der Waals surface area (Å²) in [6.07, 6.45) is 0.259. The predicted molar refractivity (Wildman–Crippen MR) is 83.3 cm³/mol. The monoisotopic (exact) mass is 319 g/mol. The van der Waals surface area contributed by atoms with Gasteiger partial charge in [0.05, 0.1) is 10.9 Å². The highest BCUT2D eigenvalue weighted by Crippen LogP contribution is 2.03. The molecular formula is C15H17N3O5. The summed E-state index contributed by atoms with van der Waals surface area (Å²) in [5.74, 6) is -1.37. The number of carboxylic acid groups (broad SMARTS) is 1. The average Bonchev–Trinajstić information content (AvgIpc) is 2.50. The zero-order valence-electron chi connectivity index (χ0n) is 12.6. The third-order valence-electron chi connectivity index (χ3n) is 3.49. The van der Waals surface area contributed by atoms with Crippen molar-refractivity contribution in [1.29, 1.82) is 0 Å². The van der Waals surface area contributed by atoms with Crippen LogP contribution in [0.3, 0.4) is 0 Å². The second-order valence-electron chi connectivity index (χ2n) is 5.18. The molecule has 122 valence electrons. The molecule has 0 spiro atoms. The number of benzene rings is 1. The average molecular weight is 319 g/mol. The van der Waals surface area contributed by atoms with Crippen molar-refractivity contribution in [1.82, 2.24) is 14.5 Å². The van der Waals surface area contributed by atoms with E-state index in [2.05, 4.69) is 4.98 Å². The summed E-state index contributed by atoms with van der Waals surface area (Å²) < 4.78 is 0.846. The number of rotatable bonds is 6. The summed E-state index contributed by atoms with van der Waals surface area (Å²) >= 11 is 0. The highest BCUT2D eigenvalue weighted by Gasteiger charge is 2.14. The summed E-state index contributed by atoms with van der Waals surface area (Å²) in [6.45, 7) is -0.145. The number of nitrogens with zero attached hydrogens (tertiary/aromatic N) is 2. The van der Waals surface area contributed by atoms with E-state index in [1.54, 1.807) is 24.3 Å². The minimum absolute atomic E-state index is 0.0475. The molecule has 1 amide bonds. The fraction of sp³-hybridized carbons (Fsp3) is 0.333. The van der Waals surface area contributed by atoms with Gasteiger partial charge in [-0.15, -0.1) is 0 Å². The molecule has 0 fully saturated rings. The molecule has 2 aromatic rings. The zero-order chi connectivity index (χ0) is 17.0. The molecule has 0 aliphatic rings. The van der Waals surface area contributed by atoms with Crippen LogP contribution in [0.15, 0.2) is 33.9 Å². The number of H-pyrrole nitrogens is 1. The van der Waals surface area contributed by atoms with Crippen LogP contribution in [0.1, 0.15) is 12.8 Å². The van der Waals surface area contributed by atoms with Crippen molar-refractivity contribution in [3.8, 4) is 0 Å². The molecular weight excluding hydrogens is 302 g/mol. The first-order valence-corrected chi connectivity index (χ1v) is 7.08. The molecule has 8 heteroatoms. The molecule has 2 N–H and O–H groups in total. The predicted octanol–water partition coefficient (Wildman–Crippen LogP) is 0.0130. The van der Waals surface area contributed by atoms with Gasteiger partial charge in [-0.1, -0.05) is 12.1 Å². The molecule has 0 unspecified atom stereocenters. The number of amides is 1. The first-order chi connectivity index (χ1) is 10.9. The number of aromatic nitrogens is 2. The van der Waals surface area contributed by atoms with Crippen molar-refractivity contribution in [2.45, 2.75) is 19.4 Å². The smallest absolute Gasteiger partial charge is 0.329 e. The van der Waals surface area contributed by atoms with Gasteiger partial charge in [-0.2, -0.15) is 0 Å². The fourth-order valence-electron chi connectivity index (χ4n) is 2.19. The second-order valence-corrected chi connectivity index (χ2v) is 5.18. The maximum Gasteiger partial charge on any atom is 0.329 e. The van der Waals surface area contributed by atoms with E-state index in [0.29, 0.717) is 17.3 Å². The quantitative estimate of drug-likeness (QED) is 0.779. The Kier molecular flexibility index (Phi) is 4.95. The van der Waals surface area contributed by atoms with Crippen molar-refractivity contribution in [3.05, 3.63) is 45.1 Å². The lowest BCUT2D eigenvalue weighted by atomic mass is 10.2. The molecule has 0 bridgehead atoms. The Morgan fingerprint density at radius 3 is 2.65 bits per heavy atom. The Hall–Kier alpha value is -2.90. The van der Waals surface area contributed by atoms with Gasteiger partial charge in [0.15, 0.2) is 0 Å². The first kappa shape index (κ1) is 16.5. The van der Waals surface area contributed by atoms with E-state index in [1.807, 2.05) is 0 Å². The number of likely N-dealkylation sites (N-methyl/N-ethyl adjacent to an activating group) is 1. The molecule has 2 rings (SSSR count). The molecule has 0 saturated heterocycles. The molecule has 1 aromatic carbocycles. The van der Waals surface area contributed by atoms with E-state index < -0.39 is 23.1 Å². The van der Waals surface area contributed by atoms with E-state index >= 15 is 0 Å². The number of carboxylic acids is 1. The molecule has 0 atom stereocenters. The SMILES string of the molecule is CN(CCCC(=O)O)C(=O)Cn1c(=O)[nH]c2ccccc2c1=O. The maximum atomic E-state index is 12.3. The number of aliphatic carboxylic acids is 1. The first-order valence-electron chi connectivity index (χ1n) is 7.08. The van der Waals surface area contributed by atoms with Gasteiger partial charge < -0.3 is 15.0 Å². The van der Waals surface area contributed by atoms with Crippen LogP contribution in [-0.4, -0.2) is 45.0 Å². The highest BCUT2D eigenvalue weighted by molar-refractivity contribution is 5.78. The lowest BCUT2D eigenvalue weighted by molar-refractivity contribution is -0.138. The summed E-state index contributed by atoms with van der Waals surface area (Å²) in [6, 6.07) is 6.56. The van der Waals surface area contributed by atoms with Gasteiger partial charge in [0.2, 0.25) is 5.91 Å². The number of carbonyl (C=O) groups is 2. The van der Waals surface area contributed by atoms with Crippen molar-refractivity contribution in [3.63, 3.8) is 0 Å². The number of nitrogens with one attached hydrogen (secondary N) is 1. The summed E-state index contributed by atoms with van der Waals surface area (Å²) in [5.41, 5.74) is -0.765. The van der Waals surface area contributed by atoms with Gasteiger partial charge >= 0.3 is 11.7 Å². The maximum absolute atomic E-state index is 12.3. The van der Waals surface area contributed by atoms with Crippen molar-refractivity contribution < 1.29 is 14.7 Å². The normalized spacial score (nSPS) is 10.7. The standard InChI is InChI=1S/C15H17N3O5/c1-17(8-4-7-13(20)21)12(19)9-18-14(22)10-5-2-3-6-11(10)16-15(18)23/h2-3,5-6H,4,7-9H2,1H3,(H,16,23)(H,20,21). The van der Waals surface area contributed by atoms with Crippen LogP contribution < -0.4 is 11.2 Å². The number of hydrogen-bond acceptors (Lipinski definition) is 4. The van der Waals surface area contributed by atoms with E-state index in [9.17, 15) is 19.2 Å². The Morgan fingerprint density at radius 1 is 1.26 bits per heavy atom. The van der Waals surface area contributed by atoms with Gasteiger partial charge in [-0.05, 0) is 18.6 Å². The Balaban J connectivity index is 2.18. The lowest BCUT2D eigenvalue weighted by Crippen LogP contribution is -2.41. The van der Waals surface area contributed by atoms with Gasteiger partial charge in [0.25, 0.3) is 5.56 Å². The second kappa shape index (κ2) is 6.91. The highest BCUT2D eigenvalue weighted by atomic mass is 16.4. The van der Waals surface area contributed by atoms with E-state index in [0.717, 1.165) is 4.57 Å². The molecule has 1 heterocycles.